The van der Waals surface area contributed by atoms with Gasteiger partial charge in [-0.25, -0.2) is 13.1 Å². The Morgan fingerprint density at radius 1 is 1.32 bits per heavy atom. The molecular formula is C14H22N2O2S. The Bertz CT molecular complexity index is 534. The van der Waals surface area contributed by atoms with E-state index >= 15 is 0 Å². The van der Waals surface area contributed by atoms with E-state index in [0.29, 0.717) is 18.2 Å². The van der Waals surface area contributed by atoms with E-state index in [4.69, 9.17) is 5.73 Å². The molecule has 106 valence electrons. The van der Waals surface area contributed by atoms with E-state index in [1.165, 1.54) is 25.7 Å². The van der Waals surface area contributed by atoms with Crippen molar-refractivity contribution in [3.63, 3.8) is 0 Å². The summed E-state index contributed by atoms with van der Waals surface area (Å²) in [7, 11) is -3.41. The van der Waals surface area contributed by atoms with Gasteiger partial charge in [0.15, 0.2) is 0 Å². The predicted octanol–water partition coefficient (Wildman–Crippen LogP) is 2.30. The maximum absolute atomic E-state index is 11.9. The molecule has 0 radical (unpaired) electrons. The summed E-state index contributed by atoms with van der Waals surface area (Å²) in [6.07, 6.45) is 6.09. The minimum absolute atomic E-state index is 0.252. The molecular weight excluding hydrogens is 260 g/mol. The molecule has 1 fully saturated rings. The van der Waals surface area contributed by atoms with E-state index in [-0.39, 0.29) is 4.90 Å². The average molecular weight is 282 g/mol. The first-order chi connectivity index (χ1) is 9.03. The highest BCUT2D eigenvalue weighted by Crippen LogP contribution is 2.30. The van der Waals surface area contributed by atoms with Gasteiger partial charge < -0.3 is 5.73 Å². The fourth-order valence-corrected chi connectivity index (χ4v) is 3.80. The van der Waals surface area contributed by atoms with Gasteiger partial charge in [-0.15, -0.1) is 0 Å². The van der Waals surface area contributed by atoms with Crippen LogP contribution in [0.4, 0.5) is 5.69 Å². The van der Waals surface area contributed by atoms with Crippen LogP contribution in [0.1, 0.15) is 38.2 Å². The SMILES string of the molecule is CCNS(=O)(=O)c1ccc(CC2CCCC2)c(N)c1. The van der Waals surface area contributed by atoms with Crippen LogP contribution in [0.2, 0.25) is 0 Å². The van der Waals surface area contributed by atoms with Gasteiger partial charge in [-0.1, -0.05) is 38.7 Å². The van der Waals surface area contributed by atoms with E-state index in [0.717, 1.165) is 12.0 Å². The number of anilines is 1. The minimum Gasteiger partial charge on any atom is -0.398 e. The number of nitrogen functional groups attached to an aromatic ring is 1. The topological polar surface area (TPSA) is 72.2 Å². The zero-order chi connectivity index (χ0) is 13.9. The molecule has 5 heteroatoms. The van der Waals surface area contributed by atoms with Crippen molar-refractivity contribution in [2.75, 3.05) is 12.3 Å². The molecule has 0 heterocycles. The lowest BCUT2D eigenvalue weighted by molar-refractivity contribution is 0.547. The van der Waals surface area contributed by atoms with Crippen LogP contribution >= 0.6 is 0 Å². The van der Waals surface area contributed by atoms with Crippen LogP contribution in [0, 0.1) is 5.92 Å². The highest BCUT2D eigenvalue weighted by Gasteiger charge is 2.18. The van der Waals surface area contributed by atoms with E-state index in [2.05, 4.69) is 4.72 Å². The third-order valence-corrected chi connectivity index (χ3v) is 5.29. The summed E-state index contributed by atoms with van der Waals surface area (Å²) in [6, 6.07) is 5.08. The first-order valence-electron chi connectivity index (χ1n) is 6.91. The van der Waals surface area contributed by atoms with Crippen molar-refractivity contribution in [3.8, 4) is 0 Å². The largest absolute Gasteiger partial charge is 0.398 e. The smallest absolute Gasteiger partial charge is 0.240 e. The molecule has 0 amide bonds. The van der Waals surface area contributed by atoms with Gasteiger partial charge in [0.2, 0.25) is 10.0 Å². The monoisotopic (exact) mass is 282 g/mol. The maximum Gasteiger partial charge on any atom is 0.240 e. The second-order valence-electron chi connectivity index (χ2n) is 5.22. The number of rotatable bonds is 5. The van der Waals surface area contributed by atoms with Gasteiger partial charge in [0.05, 0.1) is 4.90 Å². The summed E-state index contributed by atoms with van der Waals surface area (Å²) < 4.78 is 26.2. The zero-order valence-corrected chi connectivity index (χ0v) is 12.2. The Labute approximate surface area is 115 Å². The van der Waals surface area contributed by atoms with Gasteiger partial charge in [0, 0.05) is 12.2 Å². The van der Waals surface area contributed by atoms with Crippen molar-refractivity contribution in [3.05, 3.63) is 23.8 Å². The van der Waals surface area contributed by atoms with E-state index < -0.39 is 10.0 Å². The van der Waals surface area contributed by atoms with Gasteiger partial charge in [-0.2, -0.15) is 0 Å². The molecule has 3 N–H and O–H groups in total. The van der Waals surface area contributed by atoms with E-state index in [9.17, 15) is 8.42 Å². The summed E-state index contributed by atoms with van der Waals surface area (Å²) in [5.41, 5.74) is 7.66. The molecule has 0 spiro atoms. The molecule has 0 aromatic heterocycles. The normalized spacial score (nSPS) is 16.9. The molecule has 1 saturated carbocycles. The number of nitrogens with two attached hydrogens (primary N) is 1. The maximum atomic E-state index is 11.9. The number of hydrogen-bond acceptors (Lipinski definition) is 3. The van der Waals surface area contributed by atoms with Crippen molar-refractivity contribution < 1.29 is 8.42 Å². The average Bonchev–Trinajstić information content (AvgIpc) is 2.84. The highest BCUT2D eigenvalue weighted by molar-refractivity contribution is 7.89. The van der Waals surface area contributed by atoms with Crippen LogP contribution in [0.3, 0.4) is 0 Å². The predicted molar refractivity (Wildman–Crippen MR) is 77.4 cm³/mol. The summed E-state index contributed by atoms with van der Waals surface area (Å²) in [6.45, 7) is 2.14. The summed E-state index contributed by atoms with van der Waals surface area (Å²) in [5.74, 6) is 0.707. The second kappa shape index (κ2) is 5.92. The summed E-state index contributed by atoms with van der Waals surface area (Å²) in [4.78, 5) is 0.252. The molecule has 19 heavy (non-hydrogen) atoms. The van der Waals surface area contributed by atoms with Gasteiger partial charge in [-0.05, 0) is 30.0 Å². The fraction of sp³-hybridized carbons (Fsp3) is 0.571. The number of sulfonamides is 1. The van der Waals surface area contributed by atoms with Crippen LogP contribution in [0.25, 0.3) is 0 Å². The fourth-order valence-electron chi connectivity index (χ4n) is 2.72. The standard InChI is InChI=1S/C14H22N2O2S/c1-2-16-19(17,18)13-8-7-12(14(15)10-13)9-11-5-3-4-6-11/h7-8,10-11,16H,2-6,9,15H2,1H3. The van der Waals surface area contributed by atoms with Crippen molar-refractivity contribution in [1.29, 1.82) is 0 Å². The minimum atomic E-state index is -3.41. The second-order valence-corrected chi connectivity index (χ2v) is 6.98. The van der Waals surface area contributed by atoms with Crippen LogP contribution in [-0.4, -0.2) is 15.0 Å². The first kappa shape index (κ1) is 14.3. The van der Waals surface area contributed by atoms with Gasteiger partial charge >= 0.3 is 0 Å². The number of benzene rings is 1. The van der Waals surface area contributed by atoms with E-state index in [1.54, 1.807) is 19.1 Å². The Morgan fingerprint density at radius 2 is 2.00 bits per heavy atom. The Morgan fingerprint density at radius 3 is 2.58 bits per heavy atom. The number of nitrogens with one attached hydrogen (secondary N) is 1. The third kappa shape index (κ3) is 3.48. The van der Waals surface area contributed by atoms with Gasteiger partial charge in [0.1, 0.15) is 0 Å². The summed E-state index contributed by atoms with van der Waals surface area (Å²) >= 11 is 0. The van der Waals surface area contributed by atoms with Crippen LogP contribution in [0.15, 0.2) is 23.1 Å². The Kier molecular flexibility index (Phi) is 4.47. The van der Waals surface area contributed by atoms with E-state index in [1.807, 2.05) is 6.07 Å². The third-order valence-electron chi connectivity index (χ3n) is 3.75. The molecule has 0 atom stereocenters. The zero-order valence-electron chi connectivity index (χ0n) is 11.4. The molecule has 1 aromatic rings. The van der Waals surface area contributed by atoms with Crippen LogP contribution in [-0.2, 0) is 16.4 Å². The van der Waals surface area contributed by atoms with Gasteiger partial charge in [-0.3, -0.25) is 0 Å². The van der Waals surface area contributed by atoms with Crippen molar-refractivity contribution in [2.45, 2.75) is 43.9 Å². The molecule has 1 aliphatic rings. The van der Waals surface area contributed by atoms with Crippen molar-refractivity contribution >= 4 is 15.7 Å². The molecule has 0 aliphatic heterocycles. The first-order valence-corrected chi connectivity index (χ1v) is 8.39. The van der Waals surface area contributed by atoms with Crippen LogP contribution < -0.4 is 10.5 Å². The number of hydrogen-bond donors (Lipinski definition) is 2. The van der Waals surface area contributed by atoms with Crippen molar-refractivity contribution in [2.24, 2.45) is 5.92 Å². The molecule has 4 nitrogen and oxygen atoms in total. The Hall–Kier alpha value is -1.07. The Balaban J connectivity index is 2.17. The molecule has 2 rings (SSSR count). The lowest BCUT2D eigenvalue weighted by atomic mass is 9.97. The molecule has 0 unspecified atom stereocenters. The summed E-state index contributed by atoms with van der Waals surface area (Å²) in [5, 5.41) is 0. The molecule has 1 aromatic carbocycles. The molecule has 0 bridgehead atoms. The highest BCUT2D eigenvalue weighted by atomic mass is 32.2. The molecule has 1 aliphatic carbocycles. The quantitative estimate of drug-likeness (QED) is 0.814. The van der Waals surface area contributed by atoms with Crippen molar-refractivity contribution in [1.82, 2.24) is 4.72 Å². The molecule has 0 saturated heterocycles. The lowest BCUT2D eigenvalue weighted by Gasteiger charge is -2.13. The van der Waals surface area contributed by atoms with Crippen LogP contribution in [0.5, 0.6) is 0 Å². The van der Waals surface area contributed by atoms with Gasteiger partial charge in [0.25, 0.3) is 0 Å². The lowest BCUT2D eigenvalue weighted by Crippen LogP contribution is -2.23.